The van der Waals surface area contributed by atoms with E-state index < -0.39 is 24.4 Å². The van der Waals surface area contributed by atoms with Crippen LogP contribution in [-0.2, 0) is 0 Å². The summed E-state index contributed by atoms with van der Waals surface area (Å²) >= 11 is 4.42. The number of halogens is 8. The largest absolute Gasteiger partial charge is 0.445 e. The van der Waals surface area contributed by atoms with Gasteiger partial charge in [-0.3, -0.25) is 0 Å². The Hall–Kier alpha value is -0.720. The average Bonchev–Trinajstić information content (AvgIpc) is 2.02. The van der Waals surface area contributed by atoms with E-state index in [0.717, 1.165) is 0 Å². The number of allylic oxidation sites excluding steroid dienone is 1. The Labute approximate surface area is 73.3 Å². The molecule has 0 atom stereocenters. The van der Waals surface area contributed by atoms with Gasteiger partial charge in [-0.2, -0.15) is 26.3 Å². The zero-order valence-electron chi connectivity index (χ0n) is 5.68. The Morgan fingerprint density at radius 3 is 1.38 bits per heavy atom. The fourth-order valence-electron chi connectivity index (χ4n) is 0.0619. The maximum Gasteiger partial charge on any atom is 0.445 e. The van der Waals surface area contributed by atoms with Gasteiger partial charge in [-0.25, -0.2) is 4.39 Å². The van der Waals surface area contributed by atoms with E-state index in [4.69, 9.17) is 0 Å². The minimum atomic E-state index is -5.17. The second kappa shape index (κ2) is 6.76. The first-order valence-corrected chi connectivity index (χ1v) is 2.83. The molecule has 0 nitrogen and oxygen atoms in total. The third-order valence-electron chi connectivity index (χ3n) is 0.449. The van der Waals surface area contributed by atoms with Gasteiger partial charge in [0.1, 0.15) is 6.33 Å². The summed E-state index contributed by atoms with van der Waals surface area (Å²) in [6.07, 6.45) is -8.15. The predicted octanol–water partition coefficient (Wildman–Crippen LogP) is 4.29. The molecule has 0 aromatic rings. The van der Waals surface area contributed by atoms with Crippen molar-refractivity contribution in [1.29, 1.82) is 0 Å². The molecule has 0 heterocycles. The molecule has 0 aliphatic heterocycles. The molecule has 0 aromatic heterocycles. The van der Waals surface area contributed by atoms with Gasteiger partial charge in [0.15, 0.2) is 0 Å². The molecule has 0 fully saturated rings. The van der Waals surface area contributed by atoms with E-state index in [1.165, 1.54) is 0 Å². The molecule has 0 N–H and O–H groups in total. The molecule has 0 aliphatic carbocycles. The van der Waals surface area contributed by atoms with Gasteiger partial charge in [-0.05, 0) is 0 Å². The summed E-state index contributed by atoms with van der Waals surface area (Å²) in [7, 11) is 0. The van der Waals surface area contributed by atoms with E-state index in [2.05, 4.69) is 11.6 Å². The predicted molar refractivity (Wildman–Crippen MR) is 32.5 cm³/mol. The normalized spacial score (nSPS) is 11.5. The molecule has 0 amide bonds. The Morgan fingerprint density at radius 2 is 1.38 bits per heavy atom. The minimum absolute atomic E-state index is 0.222. The van der Waals surface area contributed by atoms with Gasteiger partial charge in [0.25, 0.3) is 6.08 Å². The third kappa shape index (κ3) is 11.3. The van der Waals surface area contributed by atoms with Crippen LogP contribution in [0.25, 0.3) is 0 Å². The second-order valence-electron chi connectivity index (χ2n) is 1.35. The van der Waals surface area contributed by atoms with E-state index in [-0.39, 0.29) is 5.54 Å². The average molecular weight is 231 g/mol. The van der Waals surface area contributed by atoms with Gasteiger partial charge in [0.2, 0.25) is 5.83 Å². The van der Waals surface area contributed by atoms with E-state index in [1.54, 1.807) is 0 Å². The molecule has 13 heavy (non-hydrogen) atoms. The number of rotatable bonds is 0. The molecule has 0 rings (SSSR count). The fraction of sp³-hybridized carbons (Fsp3) is 0.200. The van der Waals surface area contributed by atoms with Crippen LogP contribution in [-0.4, -0.2) is 6.18 Å². The first-order chi connectivity index (χ1) is 5.75. The summed E-state index contributed by atoms with van der Waals surface area (Å²) in [6, 6.07) is 0. The van der Waals surface area contributed by atoms with E-state index in [9.17, 15) is 30.7 Å². The van der Waals surface area contributed by atoms with Crippen LogP contribution in [0, 0.1) is 0 Å². The lowest BCUT2D eigenvalue weighted by molar-refractivity contribution is -0.109. The molecule has 0 unspecified atom stereocenters. The van der Waals surface area contributed by atoms with Crippen molar-refractivity contribution < 1.29 is 30.7 Å². The van der Waals surface area contributed by atoms with Crippen molar-refractivity contribution in [3.05, 3.63) is 23.8 Å². The monoisotopic (exact) mass is 230 g/mol. The maximum absolute atomic E-state index is 11.0. The summed E-state index contributed by atoms with van der Waals surface area (Å²) in [6.45, 7) is 0. The molecule has 0 spiro atoms. The summed E-state index contributed by atoms with van der Waals surface area (Å²) in [5.41, 5.74) is 0.222. The van der Waals surface area contributed by atoms with Crippen LogP contribution < -0.4 is 0 Å². The summed E-state index contributed by atoms with van der Waals surface area (Å²) in [5.74, 6) is -2.71. The highest BCUT2D eigenvalue weighted by molar-refractivity contribution is 6.25. The van der Waals surface area contributed by atoms with Gasteiger partial charge in [0.05, 0.1) is 5.54 Å². The Bertz CT molecular complexity index is 188. The van der Waals surface area contributed by atoms with Crippen molar-refractivity contribution in [2.75, 3.05) is 0 Å². The Kier molecular flexibility index (Phi) is 7.69. The van der Waals surface area contributed by atoms with Crippen molar-refractivity contribution in [1.82, 2.24) is 0 Å². The van der Waals surface area contributed by atoms with Gasteiger partial charge >= 0.3 is 6.18 Å². The van der Waals surface area contributed by atoms with Crippen molar-refractivity contribution in [3.8, 4) is 0 Å². The highest BCUT2D eigenvalue weighted by Crippen LogP contribution is 2.25. The summed E-state index contributed by atoms with van der Waals surface area (Å²) in [4.78, 5) is 0. The number of hydrogen-bond acceptors (Lipinski definition) is 0. The maximum atomic E-state index is 11.0. The standard InChI is InChI=1S/C3HF5.C2HClF2/c4-1-2(5)3(6,7)8;3-1-2(4)5/h1H;1H/b2-1+;. The zero-order valence-corrected chi connectivity index (χ0v) is 6.43. The molecular formula is C5H2ClF7. The van der Waals surface area contributed by atoms with Crippen LogP contribution >= 0.6 is 11.6 Å². The van der Waals surface area contributed by atoms with E-state index in [0.29, 0.717) is 0 Å². The molecule has 78 valence electrons. The van der Waals surface area contributed by atoms with Crippen LogP contribution in [0.15, 0.2) is 23.8 Å². The number of alkyl halides is 3. The van der Waals surface area contributed by atoms with Gasteiger partial charge in [-0.15, -0.1) is 0 Å². The first-order valence-electron chi connectivity index (χ1n) is 2.40. The highest BCUT2D eigenvalue weighted by Gasteiger charge is 2.34. The van der Waals surface area contributed by atoms with Crippen LogP contribution in [0.3, 0.4) is 0 Å². The number of hydrogen-bond donors (Lipinski definition) is 0. The van der Waals surface area contributed by atoms with E-state index in [1.807, 2.05) is 0 Å². The smallest absolute Gasteiger partial charge is 0.212 e. The minimum Gasteiger partial charge on any atom is -0.212 e. The highest BCUT2D eigenvalue weighted by atomic mass is 35.5. The Morgan fingerprint density at radius 1 is 1.08 bits per heavy atom. The zero-order chi connectivity index (χ0) is 11.1. The fourth-order valence-corrected chi connectivity index (χ4v) is 0.0619. The topological polar surface area (TPSA) is 0 Å². The van der Waals surface area contributed by atoms with Crippen molar-refractivity contribution in [3.63, 3.8) is 0 Å². The molecule has 0 aromatic carbocycles. The first kappa shape index (κ1) is 14.8. The molecule has 0 saturated carbocycles. The molecule has 8 heteroatoms. The van der Waals surface area contributed by atoms with Crippen molar-refractivity contribution >= 4 is 11.6 Å². The van der Waals surface area contributed by atoms with Crippen molar-refractivity contribution in [2.45, 2.75) is 6.18 Å². The van der Waals surface area contributed by atoms with Crippen LogP contribution in [0.1, 0.15) is 0 Å². The quantitative estimate of drug-likeness (QED) is 0.545. The molecular weight excluding hydrogens is 228 g/mol. The van der Waals surface area contributed by atoms with Gasteiger partial charge in [0, 0.05) is 0 Å². The van der Waals surface area contributed by atoms with Gasteiger partial charge in [-0.1, -0.05) is 11.6 Å². The molecule has 0 radical (unpaired) electrons. The lowest BCUT2D eigenvalue weighted by atomic mass is 10.6. The summed E-state index contributed by atoms with van der Waals surface area (Å²) < 4.78 is 74.9. The summed E-state index contributed by atoms with van der Waals surface area (Å²) in [5, 5.41) is 0. The van der Waals surface area contributed by atoms with Crippen LogP contribution in [0.5, 0.6) is 0 Å². The van der Waals surface area contributed by atoms with Crippen LogP contribution in [0.2, 0.25) is 0 Å². The van der Waals surface area contributed by atoms with E-state index >= 15 is 0 Å². The Balaban J connectivity index is 0. The second-order valence-corrected chi connectivity index (χ2v) is 1.57. The lowest BCUT2D eigenvalue weighted by Gasteiger charge is -1.97. The third-order valence-corrected chi connectivity index (χ3v) is 0.614. The molecule has 0 bridgehead atoms. The van der Waals surface area contributed by atoms with Crippen LogP contribution in [0.4, 0.5) is 30.7 Å². The lowest BCUT2D eigenvalue weighted by Crippen LogP contribution is -2.06. The SMILES string of the molecule is F/C=C(/F)C(F)(F)F.FC(F)=CCl. The van der Waals surface area contributed by atoms with Gasteiger partial charge < -0.3 is 0 Å². The van der Waals surface area contributed by atoms with Crippen molar-refractivity contribution in [2.24, 2.45) is 0 Å². The molecule has 0 aliphatic rings. The molecule has 0 saturated heterocycles.